The van der Waals surface area contributed by atoms with Crippen LogP contribution in [0.15, 0.2) is 0 Å². The van der Waals surface area contributed by atoms with Crippen molar-refractivity contribution in [2.75, 3.05) is 6.61 Å². The minimum Gasteiger partial charge on any atom is -0.461 e. The molecule has 16 heavy (non-hydrogen) atoms. The van der Waals surface area contributed by atoms with Crippen LogP contribution < -0.4 is 0 Å². The average molecular weight is 228 g/mol. The number of cyclic esters (lactones) is 1. The van der Waals surface area contributed by atoms with Gasteiger partial charge >= 0.3 is 11.9 Å². The number of rotatable bonds is 3. The van der Waals surface area contributed by atoms with Crippen LogP contribution >= 0.6 is 0 Å². The highest BCUT2D eigenvalue weighted by Crippen LogP contribution is 2.33. The lowest BCUT2D eigenvalue weighted by Crippen LogP contribution is -2.42. The highest BCUT2D eigenvalue weighted by molar-refractivity contribution is 5.79. The molecule has 0 N–H and O–H groups in total. The molecular formula is C12H20O4. The summed E-state index contributed by atoms with van der Waals surface area (Å²) in [6, 6.07) is 0. The van der Waals surface area contributed by atoms with E-state index >= 15 is 0 Å². The molecule has 4 nitrogen and oxygen atoms in total. The third kappa shape index (κ3) is 2.20. The van der Waals surface area contributed by atoms with Crippen molar-refractivity contribution in [2.45, 2.75) is 46.6 Å². The van der Waals surface area contributed by atoms with Crippen molar-refractivity contribution >= 4 is 11.9 Å². The Bertz CT molecular complexity index is 308. The fourth-order valence-electron chi connectivity index (χ4n) is 1.33. The van der Waals surface area contributed by atoms with Gasteiger partial charge in [-0.1, -0.05) is 6.92 Å². The Labute approximate surface area is 96.3 Å². The molecule has 1 aliphatic heterocycles. The van der Waals surface area contributed by atoms with Gasteiger partial charge < -0.3 is 9.47 Å². The minimum absolute atomic E-state index is 0.151. The van der Waals surface area contributed by atoms with E-state index in [-0.39, 0.29) is 18.5 Å². The normalized spacial score (nSPS) is 30.1. The zero-order chi connectivity index (χ0) is 12.6. The van der Waals surface area contributed by atoms with Gasteiger partial charge in [-0.3, -0.25) is 9.59 Å². The summed E-state index contributed by atoms with van der Waals surface area (Å²) < 4.78 is 10.4. The molecule has 92 valence electrons. The number of esters is 2. The maximum atomic E-state index is 11.9. The smallest absolute Gasteiger partial charge is 0.313 e. The predicted molar refractivity (Wildman–Crippen MR) is 58.7 cm³/mol. The van der Waals surface area contributed by atoms with Crippen molar-refractivity contribution in [1.82, 2.24) is 0 Å². The fourth-order valence-corrected chi connectivity index (χ4v) is 1.33. The summed E-state index contributed by atoms with van der Waals surface area (Å²) in [7, 11) is 0. The molecule has 0 aromatic carbocycles. The summed E-state index contributed by atoms with van der Waals surface area (Å²) in [6.45, 7) is 9.22. The van der Waals surface area contributed by atoms with E-state index in [1.165, 1.54) is 0 Å². The van der Waals surface area contributed by atoms with Crippen LogP contribution in [0.25, 0.3) is 0 Å². The summed E-state index contributed by atoms with van der Waals surface area (Å²) in [5.41, 5.74) is -1.34. The standard InChI is InChI=1S/C12H20O4/c1-6-11(3,4)10(14)16-12(5)7-15-9(13)8(12)2/h8H,6-7H2,1-5H3. The molecule has 0 aromatic heterocycles. The van der Waals surface area contributed by atoms with Gasteiger partial charge in [-0.05, 0) is 34.1 Å². The molecule has 0 aliphatic carbocycles. The lowest BCUT2D eigenvalue weighted by molar-refractivity contribution is -0.172. The molecule has 0 bridgehead atoms. The van der Waals surface area contributed by atoms with Crippen molar-refractivity contribution < 1.29 is 19.1 Å². The number of hydrogen-bond donors (Lipinski definition) is 0. The molecule has 2 unspecified atom stereocenters. The van der Waals surface area contributed by atoms with Crippen LogP contribution in [-0.2, 0) is 19.1 Å². The Kier molecular flexibility index (Phi) is 3.31. The molecule has 1 fully saturated rings. The SMILES string of the molecule is CCC(C)(C)C(=O)OC1(C)COC(=O)C1C. The maximum Gasteiger partial charge on any atom is 0.313 e. The number of hydrogen-bond acceptors (Lipinski definition) is 4. The van der Waals surface area contributed by atoms with Crippen LogP contribution in [0, 0.1) is 11.3 Å². The van der Waals surface area contributed by atoms with Gasteiger partial charge in [0.05, 0.1) is 11.3 Å². The first-order chi connectivity index (χ1) is 7.23. The van der Waals surface area contributed by atoms with Crippen LogP contribution in [0.1, 0.15) is 41.0 Å². The summed E-state index contributed by atoms with van der Waals surface area (Å²) in [6.07, 6.45) is 0.700. The molecule has 0 radical (unpaired) electrons. The number of ether oxygens (including phenoxy) is 2. The van der Waals surface area contributed by atoms with Crippen LogP contribution in [0.4, 0.5) is 0 Å². The molecule has 0 amide bonds. The van der Waals surface area contributed by atoms with E-state index < -0.39 is 16.9 Å². The molecule has 1 saturated heterocycles. The lowest BCUT2D eigenvalue weighted by atomic mass is 9.89. The first kappa shape index (κ1) is 13.0. The van der Waals surface area contributed by atoms with Crippen molar-refractivity contribution in [2.24, 2.45) is 11.3 Å². The molecular weight excluding hydrogens is 208 g/mol. The van der Waals surface area contributed by atoms with Crippen molar-refractivity contribution in [3.8, 4) is 0 Å². The summed E-state index contributed by atoms with van der Waals surface area (Å²) in [5.74, 6) is -0.976. The van der Waals surface area contributed by atoms with Crippen LogP contribution in [0.3, 0.4) is 0 Å². The predicted octanol–water partition coefficient (Wildman–Crippen LogP) is 1.92. The maximum absolute atomic E-state index is 11.9. The summed E-state index contributed by atoms with van der Waals surface area (Å²) >= 11 is 0. The van der Waals surface area contributed by atoms with E-state index in [0.717, 1.165) is 0 Å². The van der Waals surface area contributed by atoms with E-state index in [9.17, 15) is 9.59 Å². The summed E-state index contributed by atoms with van der Waals surface area (Å²) in [4.78, 5) is 23.2. The molecule has 1 aliphatic rings. The van der Waals surface area contributed by atoms with Gasteiger partial charge in [0.15, 0.2) is 5.60 Å². The topological polar surface area (TPSA) is 52.6 Å². The van der Waals surface area contributed by atoms with Crippen molar-refractivity contribution in [3.05, 3.63) is 0 Å². The Balaban J connectivity index is 2.75. The van der Waals surface area contributed by atoms with Gasteiger partial charge in [0, 0.05) is 0 Å². The Morgan fingerprint density at radius 1 is 1.62 bits per heavy atom. The number of carbonyl (C=O) groups excluding carboxylic acids is 2. The Morgan fingerprint density at radius 3 is 2.56 bits per heavy atom. The van der Waals surface area contributed by atoms with E-state index in [1.54, 1.807) is 13.8 Å². The van der Waals surface area contributed by atoms with E-state index in [1.807, 2.05) is 20.8 Å². The second-order valence-corrected chi connectivity index (χ2v) is 5.27. The third-order valence-electron chi connectivity index (χ3n) is 3.53. The largest absolute Gasteiger partial charge is 0.461 e. The molecule has 1 rings (SSSR count). The Morgan fingerprint density at radius 2 is 2.19 bits per heavy atom. The molecule has 1 heterocycles. The van der Waals surface area contributed by atoms with Crippen molar-refractivity contribution in [3.63, 3.8) is 0 Å². The van der Waals surface area contributed by atoms with Gasteiger partial charge in [0.1, 0.15) is 6.61 Å². The number of carbonyl (C=O) groups is 2. The molecule has 0 spiro atoms. The van der Waals surface area contributed by atoms with Crippen molar-refractivity contribution in [1.29, 1.82) is 0 Å². The van der Waals surface area contributed by atoms with Crippen LogP contribution in [0.2, 0.25) is 0 Å². The quantitative estimate of drug-likeness (QED) is 0.692. The first-order valence-electron chi connectivity index (χ1n) is 5.63. The zero-order valence-corrected chi connectivity index (χ0v) is 10.6. The highest BCUT2D eigenvalue weighted by atomic mass is 16.6. The van der Waals surface area contributed by atoms with E-state index in [2.05, 4.69) is 0 Å². The molecule has 0 aromatic rings. The van der Waals surface area contributed by atoms with Crippen LogP contribution in [-0.4, -0.2) is 24.1 Å². The van der Waals surface area contributed by atoms with Gasteiger partial charge in [0.25, 0.3) is 0 Å². The molecule has 0 saturated carbocycles. The lowest BCUT2D eigenvalue weighted by Gasteiger charge is -2.30. The highest BCUT2D eigenvalue weighted by Gasteiger charge is 2.48. The van der Waals surface area contributed by atoms with E-state index in [4.69, 9.17) is 9.47 Å². The van der Waals surface area contributed by atoms with Gasteiger partial charge in [-0.2, -0.15) is 0 Å². The van der Waals surface area contributed by atoms with Gasteiger partial charge in [-0.25, -0.2) is 0 Å². The van der Waals surface area contributed by atoms with E-state index in [0.29, 0.717) is 6.42 Å². The third-order valence-corrected chi connectivity index (χ3v) is 3.53. The van der Waals surface area contributed by atoms with Gasteiger partial charge in [0.2, 0.25) is 0 Å². The second-order valence-electron chi connectivity index (χ2n) is 5.27. The van der Waals surface area contributed by atoms with Gasteiger partial charge in [-0.15, -0.1) is 0 Å². The fraction of sp³-hybridized carbons (Fsp3) is 0.833. The monoisotopic (exact) mass is 228 g/mol. The first-order valence-corrected chi connectivity index (χ1v) is 5.63. The second kappa shape index (κ2) is 4.07. The zero-order valence-electron chi connectivity index (χ0n) is 10.6. The average Bonchev–Trinajstić information content (AvgIpc) is 2.46. The summed E-state index contributed by atoms with van der Waals surface area (Å²) in [5, 5.41) is 0. The minimum atomic E-state index is -0.819. The van der Waals surface area contributed by atoms with Crippen LogP contribution in [0.5, 0.6) is 0 Å². The Hall–Kier alpha value is -1.06. The molecule has 2 atom stereocenters. The molecule has 4 heteroatoms.